The standard InChI is InChI=1S/C22H30Cl2N2O2/c1-22(5-6-22)21(27)25(2)13-15-9-17(10-15)28-20-12-18(23)16(11-19(20)24)14-26-7-3-4-8-26/h11-12,15,17H,3-10,13-14H2,1-2H3. The van der Waals surface area contributed by atoms with E-state index in [1.54, 1.807) is 0 Å². The summed E-state index contributed by atoms with van der Waals surface area (Å²) in [6.45, 7) is 6.00. The smallest absolute Gasteiger partial charge is 0.228 e. The van der Waals surface area contributed by atoms with Crippen molar-refractivity contribution in [3.05, 3.63) is 27.7 Å². The number of carbonyl (C=O) groups excluding carboxylic acids is 1. The van der Waals surface area contributed by atoms with E-state index >= 15 is 0 Å². The van der Waals surface area contributed by atoms with Gasteiger partial charge in [0.05, 0.1) is 11.1 Å². The summed E-state index contributed by atoms with van der Waals surface area (Å²) in [6, 6.07) is 3.82. The number of rotatable bonds is 7. The van der Waals surface area contributed by atoms with E-state index in [9.17, 15) is 4.79 Å². The van der Waals surface area contributed by atoms with Gasteiger partial charge in [-0.15, -0.1) is 0 Å². The summed E-state index contributed by atoms with van der Waals surface area (Å²) in [4.78, 5) is 16.7. The second kappa shape index (κ2) is 8.04. The van der Waals surface area contributed by atoms with Gasteiger partial charge in [0.2, 0.25) is 5.91 Å². The zero-order valence-electron chi connectivity index (χ0n) is 16.8. The number of likely N-dealkylation sites (tertiary alicyclic amines) is 1. The predicted octanol–water partition coefficient (Wildman–Crippen LogP) is 5.01. The highest BCUT2D eigenvalue weighted by molar-refractivity contribution is 6.34. The van der Waals surface area contributed by atoms with Gasteiger partial charge in [-0.1, -0.05) is 30.1 Å². The highest BCUT2D eigenvalue weighted by Gasteiger charge is 2.47. The van der Waals surface area contributed by atoms with Gasteiger partial charge in [-0.3, -0.25) is 9.69 Å². The quantitative estimate of drug-likeness (QED) is 0.616. The van der Waals surface area contributed by atoms with E-state index in [0.717, 1.165) is 62.4 Å². The minimum atomic E-state index is -0.0878. The first kappa shape index (κ1) is 20.3. The van der Waals surface area contributed by atoms with Crippen LogP contribution in [0.5, 0.6) is 5.75 Å². The van der Waals surface area contributed by atoms with Crippen LogP contribution in [0.25, 0.3) is 0 Å². The maximum absolute atomic E-state index is 12.4. The average molecular weight is 425 g/mol. The highest BCUT2D eigenvalue weighted by atomic mass is 35.5. The number of hydrogen-bond donors (Lipinski definition) is 0. The number of benzene rings is 1. The molecule has 3 fully saturated rings. The van der Waals surface area contributed by atoms with E-state index in [2.05, 4.69) is 11.8 Å². The largest absolute Gasteiger partial charge is 0.489 e. The van der Waals surface area contributed by atoms with E-state index < -0.39 is 0 Å². The van der Waals surface area contributed by atoms with Crippen molar-refractivity contribution < 1.29 is 9.53 Å². The summed E-state index contributed by atoms with van der Waals surface area (Å²) in [7, 11) is 1.93. The van der Waals surface area contributed by atoms with Crippen molar-refractivity contribution in [3.8, 4) is 5.75 Å². The molecular weight excluding hydrogens is 395 g/mol. The lowest BCUT2D eigenvalue weighted by Gasteiger charge is -2.38. The lowest BCUT2D eigenvalue weighted by Crippen LogP contribution is -2.43. The summed E-state index contributed by atoms with van der Waals surface area (Å²) in [5, 5.41) is 1.36. The Morgan fingerprint density at radius 1 is 1.21 bits per heavy atom. The fourth-order valence-electron chi connectivity index (χ4n) is 4.39. The highest BCUT2D eigenvalue weighted by Crippen LogP contribution is 2.46. The van der Waals surface area contributed by atoms with Gasteiger partial charge in [0.25, 0.3) is 0 Å². The van der Waals surface area contributed by atoms with Crippen molar-refractivity contribution in [2.45, 2.75) is 58.1 Å². The van der Waals surface area contributed by atoms with E-state index in [1.165, 1.54) is 12.8 Å². The second-order valence-electron chi connectivity index (χ2n) is 9.18. The Labute approximate surface area is 178 Å². The van der Waals surface area contributed by atoms with Crippen LogP contribution in [0.3, 0.4) is 0 Å². The van der Waals surface area contributed by atoms with Gasteiger partial charge >= 0.3 is 0 Å². The molecule has 154 valence electrons. The SMILES string of the molecule is CN(CC1CC(Oc2cc(Cl)c(CN3CCCC3)cc2Cl)C1)C(=O)C1(C)CC1. The van der Waals surface area contributed by atoms with E-state index in [4.69, 9.17) is 27.9 Å². The van der Waals surface area contributed by atoms with Crippen molar-refractivity contribution in [1.29, 1.82) is 0 Å². The van der Waals surface area contributed by atoms with E-state index in [1.807, 2.05) is 24.1 Å². The molecule has 1 aromatic carbocycles. The summed E-state index contributed by atoms with van der Waals surface area (Å²) >= 11 is 13.0. The number of ether oxygens (including phenoxy) is 1. The van der Waals surface area contributed by atoms with Gasteiger partial charge in [-0.05, 0) is 69.2 Å². The third kappa shape index (κ3) is 4.44. The number of nitrogens with zero attached hydrogens (tertiary/aromatic N) is 2. The van der Waals surface area contributed by atoms with E-state index in [-0.39, 0.29) is 11.5 Å². The second-order valence-corrected chi connectivity index (χ2v) is 10.00. The molecule has 1 aromatic rings. The van der Waals surface area contributed by atoms with Crippen molar-refractivity contribution in [3.63, 3.8) is 0 Å². The van der Waals surface area contributed by atoms with Crippen molar-refractivity contribution in [2.75, 3.05) is 26.7 Å². The van der Waals surface area contributed by atoms with Gasteiger partial charge in [-0.2, -0.15) is 0 Å². The van der Waals surface area contributed by atoms with Crippen LogP contribution in [0, 0.1) is 11.3 Å². The van der Waals surface area contributed by atoms with Crippen LogP contribution in [0.4, 0.5) is 0 Å². The predicted molar refractivity (Wildman–Crippen MR) is 113 cm³/mol. The molecule has 0 spiro atoms. The molecule has 1 saturated heterocycles. The molecule has 0 N–H and O–H groups in total. The molecule has 2 aliphatic carbocycles. The zero-order chi connectivity index (χ0) is 19.9. The molecule has 4 rings (SSSR count). The van der Waals surface area contributed by atoms with Crippen LogP contribution in [-0.2, 0) is 11.3 Å². The van der Waals surface area contributed by atoms with Gasteiger partial charge in [0, 0.05) is 36.6 Å². The molecule has 0 bridgehead atoms. The molecule has 1 aliphatic heterocycles. The van der Waals surface area contributed by atoms with Crippen molar-refractivity contribution in [1.82, 2.24) is 9.80 Å². The van der Waals surface area contributed by atoms with Crippen LogP contribution < -0.4 is 4.74 Å². The average Bonchev–Trinajstić information content (AvgIpc) is 3.16. The first-order valence-electron chi connectivity index (χ1n) is 10.5. The molecule has 0 unspecified atom stereocenters. The normalized spacial score (nSPS) is 26.0. The Morgan fingerprint density at radius 3 is 2.54 bits per heavy atom. The molecule has 4 nitrogen and oxygen atoms in total. The molecule has 2 saturated carbocycles. The maximum atomic E-state index is 12.4. The summed E-state index contributed by atoms with van der Waals surface area (Å²) in [5.41, 5.74) is 0.983. The van der Waals surface area contributed by atoms with Gasteiger partial charge < -0.3 is 9.64 Å². The molecule has 3 aliphatic rings. The van der Waals surface area contributed by atoms with Crippen LogP contribution in [0.1, 0.15) is 51.0 Å². The van der Waals surface area contributed by atoms with Crippen molar-refractivity contribution >= 4 is 29.1 Å². The molecule has 1 heterocycles. The van der Waals surface area contributed by atoms with E-state index in [0.29, 0.717) is 22.6 Å². The fraction of sp³-hybridized carbons (Fsp3) is 0.682. The fourth-order valence-corrected chi connectivity index (χ4v) is 4.84. The zero-order valence-corrected chi connectivity index (χ0v) is 18.4. The lowest BCUT2D eigenvalue weighted by atomic mass is 9.81. The summed E-state index contributed by atoms with van der Waals surface area (Å²) in [5.74, 6) is 1.47. The minimum Gasteiger partial charge on any atom is -0.489 e. The third-order valence-electron chi connectivity index (χ3n) is 6.57. The van der Waals surface area contributed by atoms with Gasteiger partial charge in [-0.25, -0.2) is 0 Å². The Bertz CT molecular complexity index is 738. The number of halogens is 2. The molecular formula is C22H30Cl2N2O2. The summed E-state index contributed by atoms with van der Waals surface area (Å²) < 4.78 is 6.11. The van der Waals surface area contributed by atoms with Crippen molar-refractivity contribution in [2.24, 2.45) is 11.3 Å². The minimum absolute atomic E-state index is 0.0878. The topological polar surface area (TPSA) is 32.8 Å². The third-order valence-corrected chi connectivity index (χ3v) is 7.22. The van der Waals surface area contributed by atoms with Crippen LogP contribution >= 0.6 is 23.2 Å². The number of amides is 1. The first-order chi connectivity index (χ1) is 13.3. The molecule has 0 aromatic heterocycles. The lowest BCUT2D eigenvalue weighted by molar-refractivity contribution is -0.136. The summed E-state index contributed by atoms with van der Waals surface area (Å²) in [6.07, 6.45) is 6.64. The van der Waals surface area contributed by atoms with Crippen LogP contribution in [-0.4, -0.2) is 48.5 Å². The van der Waals surface area contributed by atoms with Crippen LogP contribution in [0.15, 0.2) is 12.1 Å². The Hall–Kier alpha value is -0.970. The molecule has 1 amide bonds. The Morgan fingerprint density at radius 2 is 1.89 bits per heavy atom. The number of carbonyl (C=O) groups is 1. The molecule has 6 heteroatoms. The Balaban J connectivity index is 1.27. The Kier molecular flexibility index (Phi) is 5.83. The maximum Gasteiger partial charge on any atom is 0.228 e. The van der Waals surface area contributed by atoms with Gasteiger partial charge in [0.15, 0.2) is 0 Å². The monoisotopic (exact) mass is 424 g/mol. The molecule has 0 atom stereocenters. The van der Waals surface area contributed by atoms with Gasteiger partial charge in [0.1, 0.15) is 5.75 Å². The molecule has 0 radical (unpaired) electrons. The molecule has 28 heavy (non-hydrogen) atoms. The number of hydrogen-bond acceptors (Lipinski definition) is 3. The van der Waals surface area contributed by atoms with Crippen LogP contribution in [0.2, 0.25) is 10.0 Å². The first-order valence-corrected chi connectivity index (χ1v) is 11.2.